The number of carbonyl (C=O) groups excluding carboxylic acids is 1. The number of halogens is 3. The van der Waals surface area contributed by atoms with E-state index in [0.717, 1.165) is 5.56 Å². The molecule has 2 aromatic rings. The SMILES string of the molecule is N#CCc1ccc(NC(=O)c2cc(F)c(F)c(F)c2)cc1. The maximum Gasteiger partial charge on any atom is 0.255 e. The summed E-state index contributed by atoms with van der Waals surface area (Å²) in [7, 11) is 0. The second-order valence-electron chi connectivity index (χ2n) is 4.24. The van der Waals surface area contributed by atoms with Crippen LogP contribution in [0, 0.1) is 28.8 Å². The van der Waals surface area contributed by atoms with Gasteiger partial charge in [-0.1, -0.05) is 12.1 Å². The molecule has 0 atom stereocenters. The molecule has 0 spiro atoms. The van der Waals surface area contributed by atoms with E-state index in [1.54, 1.807) is 24.3 Å². The van der Waals surface area contributed by atoms with Gasteiger partial charge >= 0.3 is 0 Å². The van der Waals surface area contributed by atoms with Gasteiger partial charge in [0.15, 0.2) is 17.5 Å². The Morgan fingerprint density at radius 1 is 1.10 bits per heavy atom. The lowest BCUT2D eigenvalue weighted by Gasteiger charge is -2.06. The van der Waals surface area contributed by atoms with Crippen LogP contribution in [0.4, 0.5) is 18.9 Å². The second kappa shape index (κ2) is 6.09. The zero-order chi connectivity index (χ0) is 15.4. The summed E-state index contributed by atoms with van der Waals surface area (Å²) in [6, 6.07) is 9.63. The van der Waals surface area contributed by atoms with E-state index in [1.165, 1.54) is 0 Å². The fourth-order valence-corrected chi connectivity index (χ4v) is 1.69. The van der Waals surface area contributed by atoms with Gasteiger partial charge in [-0.15, -0.1) is 0 Å². The Labute approximate surface area is 118 Å². The van der Waals surface area contributed by atoms with Crippen LogP contribution in [-0.4, -0.2) is 5.91 Å². The Morgan fingerprint density at radius 3 is 2.19 bits per heavy atom. The Hall–Kier alpha value is -2.81. The summed E-state index contributed by atoms with van der Waals surface area (Å²) in [5.41, 5.74) is 0.841. The summed E-state index contributed by atoms with van der Waals surface area (Å²) < 4.78 is 38.9. The lowest BCUT2D eigenvalue weighted by Crippen LogP contribution is -2.13. The highest BCUT2D eigenvalue weighted by Gasteiger charge is 2.15. The summed E-state index contributed by atoms with van der Waals surface area (Å²) in [6.45, 7) is 0. The van der Waals surface area contributed by atoms with E-state index >= 15 is 0 Å². The first-order chi connectivity index (χ1) is 10.0. The van der Waals surface area contributed by atoms with Gasteiger partial charge in [0.25, 0.3) is 5.91 Å². The van der Waals surface area contributed by atoms with Gasteiger partial charge in [-0.05, 0) is 29.8 Å². The minimum absolute atomic E-state index is 0.239. The molecule has 0 saturated carbocycles. The van der Waals surface area contributed by atoms with Crippen molar-refractivity contribution in [1.82, 2.24) is 0 Å². The van der Waals surface area contributed by atoms with E-state index < -0.39 is 23.4 Å². The van der Waals surface area contributed by atoms with Crippen molar-refractivity contribution in [2.75, 3.05) is 5.32 Å². The summed E-state index contributed by atoms with van der Waals surface area (Å²) in [5, 5.41) is 11.0. The number of hydrogen-bond donors (Lipinski definition) is 1. The number of nitrogens with zero attached hydrogens (tertiary/aromatic N) is 1. The van der Waals surface area contributed by atoms with E-state index in [0.29, 0.717) is 17.8 Å². The minimum atomic E-state index is -1.62. The third kappa shape index (κ3) is 3.39. The molecule has 0 bridgehead atoms. The molecule has 0 heterocycles. The highest BCUT2D eigenvalue weighted by Crippen LogP contribution is 2.16. The van der Waals surface area contributed by atoms with Crippen molar-refractivity contribution < 1.29 is 18.0 Å². The molecule has 0 unspecified atom stereocenters. The van der Waals surface area contributed by atoms with Gasteiger partial charge in [0.1, 0.15) is 0 Å². The Kier molecular flexibility index (Phi) is 4.24. The molecule has 6 heteroatoms. The molecule has 1 N–H and O–H groups in total. The number of hydrogen-bond acceptors (Lipinski definition) is 2. The normalized spacial score (nSPS) is 10.0. The number of carbonyl (C=O) groups is 1. The molecular weight excluding hydrogens is 281 g/mol. The monoisotopic (exact) mass is 290 g/mol. The smallest absolute Gasteiger partial charge is 0.255 e. The molecule has 0 aliphatic carbocycles. The summed E-state index contributed by atoms with van der Waals surface area (Å²) >= 11 is 0. The first-order valence-corrected chi connectivity index (χ1v) is 5.93. The molecule has 3 nitrogen and oxygen atoms in total. The lowest BCUT2D eigenvalue weighted by atomic mass is 10.1. The number of nitriles is 1. The Balaban J connectivity index is 2.16. The van der Waals surface area contributed by atoms with Crippen LogP contribution in [0.25, 0.3) is 0 Å². The zero-order valence-corrected chi connectivity index (χ0v) is 10.7. The van der Waals surface area contributed by atoms with Gasteiger partial charge in [0.05, 0.1) is 12.5 Å². The number of rotatable bonds is 3. The minimum Gasteiger partial charge on any atom is -0.322 e. The van der Waals surface area contributed by atoms with Gasteiger partial charge in [-0.3, -0.25) is 4.79 Å². The standard InChI is InChI=1S/C15H9F3N2O/c16-12-7-10(8-13(17)14(12)18)15(21)20-11-3-1-9(2-4-11)5-6-19/h1-4,7-8H,5H2,(H,20,21). The van der Waals surface area contributed by atoms with Crippen LogP contribution >= 0.6 is 0 Å². The largest absolute Gasteiger partial charge is 0.322 e. The number of anilines is 1. The second-order valence-corrected chi connectivity index (χ2v) is 4.24. The first kappa shape index (κ1) is 14.6. The lowest BCUT2D eigenvalue weighted by molar-refractivity contribution is 0.102. The van der Waals surface area contributed by atoms with Crippen molar-refractivity contribution in [3.63, 3.8) is 0 Å². The molecular formula is C15H9F3N2O. The van der Waals surface area contributed by atoms with Crippen molar-refractivity contribution in [1.29, 1.82) is 5.26 Å². The Morgan fingerprint density at radius 2 is 1.67 bits per heavy atom. The average molecular weight is 290 g/mol. The average Bonchev–Trinajstić information content (AvgIpc) is 2.46. The summed E-state index contributed by atoms with van der Waals surface area (Å²) in [6.07, 6.45) is 0.239. The van der Waals surface area contributed by atoms with Crippen LogP contribution in [0.5, 0.6) is 0 Å². The molecule has 0 aromatic heterocycles. The van der Waals surface area contributed by atoms with Crippen molar-refractivity contribution in [2.45, 2.75) is 6.42 Å². The van der Waals surface area contributed by atoms with E-state index in [-0.39, 0.29) is 12.0 Å². The molecule has 0 aliphatic rings. The van der Waals surface area contributed by atoms with Crippen LogP contribution in [0.15, 0.2) is 36.4 Å². The van der Waals surface area contributed by atoms with Crippen molar-refractivity contribution in [3.05, 3.63) is 65.0 Å². The molecule has 0 fully saturated rings. The molecule has 0 saturated heterocycles. The van der Waals surface area contributed by atoms with E-state index in [4.69, 9.17) is 5.26 Å². The third-order valence-electron chi connectivity index (χ3n) is 2.74. The fourth-order valence-electron chi connectivity index (χ4n) is 1.69. The fraction of sp³-hybridized carbons (Fsp3) is 0.0667. The summed E-state index contributed by atoms with van der Waals surface area (Å²) in [4.78, 5) is 11.8. The van der Waals surface area contributed by atoms with Crippen LogP contribution in [-0.2, 0) is 6.42 Å². The maximum atomic E-state index is 13.1. The van der Waals surface area contributed by atoms with Crippen molar-refractivity contribution in [3.8, 4) is 6.07 Å². The number of amides is 1. The quantitative estimate of drug-likeness (QED) is 0.881. The molecule has 2 rings (SSSR count). The van der Waals surface area contributed by atoms with Crippen LogP contribution in [0.3, 0.4) is 0 Å². The molecule has 0 radical (unpaired) electrons. The molecule has 21 heavy (non-hydrogen) atoms. The maximum absolute atomic E-state index is 13.1. The molecule has 106 valence electrons. The zero-order valence-electron chi connectivity index (χ0n) is 10.7. The van der Waals surface area contributed by atoms with Crippen molar-refractivity contribution in [2.24, 2.45) is 0 Å². The van der Waals surface area contributed by atoms with Gasteiger partial charge in [-0.25, -0.2) is 13.2 Å². The molecule has 0 aliphatic heterocycles. The third-order valence-corrected chi connectivity index (χ3v) is 2.74. The number of nitrogens with one attached hydrogen (secondary N) is 1. The molecule has 1 amide bonds. The van der Waals surface area contributed by atoms with Crippen LogP contribution < -0.4 is 5.32 Å². The van der Waals surface area contributed by atoms with Gasteiger partial charge in [0.2, 0.25) is 0 Å². The first-order valence-electron chi connectivity index (χ1n) is 5.93. The van der Waals surface area contributed by atoms with E-state index in [2.05, 4.69) is 5.32 Å². The van der Waals surface area contributed by atoms with Gasteiger partial charge in [-0.2, -0.15) is 5.26 Å². The van der Waals surface area contributed by atoms with Gasteiger partial charge < -0.3 is 5.32 Å². The van der Waals surface area contributed by atoms with E-state index in [1.807, 2.05) is 6.07 Å². The Bertz CT molecular complexity index is 698. The van der Waals surface area contributed by atoms with Crippen molar-refractivity contribution >= 4 is 11.6 Å². The topological polar surface area (TPSA) is 52.9 Å². The number of benzene rings is 2. The predicted molar refractivity (Wildman–Crippen MR) is 70.0 cm³/mol. The molecule has 2 aromatic carbocycles. The van der Waals surface area contributed by atoms with Gasteiger partial charge in [0, 0.05) is 11.3 Å². The highest BCUT2D eigenvalue weighted by atomic mass is 19.2. The highest BCUT2D eigenvalue weighted by molar-refractivity contribution is 6.04. The van der Waals surface area contributed by atoms with Crippen LogP contribution in [0.2, 0.25) is 0 Å². The predicted octanol–water partition coefficient (Wildman–Crippen LogP) is 3.42. The van der Waals surface area contributed by atoms with E-state index in [9.17, 15) is 18.0 Å². The summed E-state index contributed by atoms with van der Waals surface area (Å²) in [5.74, 6) is -5.23. The van der Waals surface area contributed by atoms with Crippen LogP contribution in [0.1, 0.15) is 15.9 Å².